The molecule has 0 amide bonds. The van der Waals surface area contributed by atoms with E-state index in [1.807, 2.05) is 32.0 Å². The van der Waals surface area contributed by atoms with Gasteiger partial charge in [-0.2, -0.15) is 0 Å². The van der Waals surface area contributed by atoms with Gasteiger partial charge in [-0.3, -0.25) is 0 Å². The second kappa shape index (κ2) is 4.93. The van der Waals surface area contributed by atoms with Gasteiger partial charge in [-0.05, 0) is 59.7 Å². The summed E-state index contributed by atoms with van der Waals surface area (Å²) in [6.07, 6.45) is 1.76. The normalized spacial score (nSPS) is 10.4. The molecule has 0 atom stereocenters. The quantitative estimate of drug-likeness (QED) is 0.796. The molecule has 2 aromatic rings. The Morgan fingerprint density at radius 1 is 1.19 bits per heavy atom. The van der Waals surface area contributed by atoms with Crippen LogP contribution in [0.2, 0.25) is 0 Å². The van der Waals surface area contributed by atoms with Crippen LogP contribution in [0.4, 0.5) is 0 Å². The minimum atomic E-state index is 0.733. The molecule has 3 nitrogen and oxygen atoms in total. The first kappa shape index (κ1) is 11.5. The Labute approximate surface area is 107 Å². The minimum absolute atomic E-state index is 0.733. The Morgan fingerprint density at radius 2 is 1.88 bits per heavy atom. The van der Waals surface area contributed by atoms with E-state index in [2.05, 4.69) is 30.9 Å². The molecule has 2 aromatic heterocycles. The van der Waals surface area contributed by atoms with Crippen LogP contribution >= 0.6 is 27.7 Å². The summed E-state index contributed by atoms with van der Waals surface area (Å²) < 4.78 is 0.961. The van der Waals surface area contributed by atoms with Crippen molar-refractivity contribution in [3.8, 4) is 0 Å². The Bertz CT molecular complexity index is 496. The second-order valence-electron chi connectivity index (χ2n) is 3.33. The first-order chi connectivity index (χ1) is 7.65. The van der Waals surface area contributed by atoms with Crippen LogP contribution in [0.5, 0.6) is 0 Å². The molecule has 0 spiro atoms. The van der Waals surface area contributed by atoms with Gasteiger partial charge in [-0.25, -0.2) is 15.0 Å². The summed E-state index contributed by atoms with van der Waals surface area (Å²) in [7, 11) is 0. The van der Waals surface area contributed by atoms with Crippen molar-refractivity contribution < 1.29 is 0 Å². The van der Waals surface area contributed by atoms with Crippen molar-refractivity contribution in [2.45, 2.75) is 24.0 Å². The maximum Gasteiger partial charge on any atom is 0.194 e. The first-order valence-corrected chi connectivity index (χ1v) is 6.37. The van der Waals surface area contributed by atoms with Crippen LogP contribution < -0.4 is 0 Å². The van der Waals surface area contributed by atoms with Crippen molar-refractivity contribution in [3.05, 3.63) is 40.3 Å². The van der Waals surface area contributed by atoms with E-state index in [0.717, 1.165) is 26.0 Å². The Kier molecular flexibility index (Phi) is 3.56. The Balaban J connectivity index is 2.30. The Morgan fingerprint density at radius 3 is 2.50 bits per heavy atom. The van der Waals surface area contributed by atoms with Gasteiger partial charge in [0.1, 0.15) is 5.03 Å². The van der Waals surface area contributed by atoms with Crippen molar-refractivity contribution >= 4 is 27.7 Å². The maximum atomic E-state index is 4.36. The fourth-order valence-corrected chi connectivity index (χ4v) is 2.60. The summed E-state index contributed by atoms with van der Waals surface area (Å²) >= 11 is 4.91. The van der Waals surface area contributed by atoms with Crippen LogP contribution in [0.25, 0.3) is 0 Å². The third-order valence-corrected chi connectivity index (χ3v) is 3.66. The van der Waals surface area contributed by atoms with Gasteiger partial charge in [0, 0.05) is 17.6 Å². The lowest BCUT2D eigenvalue weighted by atomic mass is 10.4. The predicted octanol–water partition coefficient (Wildman–Crippen LogP) is 3.40. The van der Waals surface area contributed by atoms with Crippen LogP contribution in [0, 0.1) is 13.8 Å². The number of hydrogen-bond acceptors (Lipinski definition) is 4. The molecule has 0 saturated carbocycles. The highest BCUT2D eigenvalue weighted by Crippen LogP contribution is 2.29. The lowest BCUT2D eigenvalue weighted by molar-refractivity contribution is 0.898. The molecule has 0 aromatic carbocycles. The van der Waals surface area contributed by atoms with Crippen molar-refractivity contribution in [1.82, 2.24) is 15.0 Å². The van der Waals surface area contributed by atoms with Crippen LogP contribution in [-0.2, 0) is 0 Å². The topological polar surface area (TPSA) is 38.7 Å². The lowest BCUT2D eigenvalue weighted by Crippen LogP contribution is -1.93. The van der Waals surface area contributed by atoms with Crippen LogP contribution in [-0.4, -0.2) is 15.0 Å². The molecule has 0 unspecified atom stereocenters. The molecular formula is C11H10BrN3S. The third kappa shape index (κ3) is 2.80. The van der Waals surface area contributed by atoms with E-state index in [4.69, 9.17) is 0 Å². The van der Waals surface area contributed by atoms with E-state index in [9.17, 15) is 0 Å². The van der Waals surface area contributed by atoms with E-state index in [0.29, 0.717) is 0 Å². The third-order valence-electron chi connectivity index (χ3n) is 1.87. The summed E-state index contributed by atoms with van der Waals surface area (Å²) in [5.74, 6) is 0. The molecule has 16 heavy (non-hydrogen) atoms. The predicted molar refractivity (Wildman–Crippen MR) is 67.6 cm³/mol. The van der Waals surface area contributed by atoms with Crippen LogP contribution in [0.15, 0.2) is 39.1 Å². The molecular weight excluding hydrogens is 286 g/mol. The monoisotopic (exact) mass is 295 g/mol. The van der Waals surface area contributed by atoms with Gasteiger partial charge >= 0.3 is 0 Å². The number of halogens is 1. The zero-order valence-electron chi connectivity index (χ0n) is 8.94. The maximum absolute atomic E-state index is 4.36. The molecule has 5 heteroatoms. The van der Waals surface area contributed by atoms with E-state index in [1.165, 1.54) is 11.8 Å². The van der Waals surface area contributed by atoms with Gasteiger partial charge in [-0.1, -0.05) is 0 Å². The smallest absolute Gasteiger partial charge is 0.194 e. The highest BCUT2D eigenvalue weighted by molar-refractivity contribution is 9.10. The van der Waals surface area contributed by atoms with Gasteiger partial charge in [0.2, 0.25) is 0 Å². The van der Waals surface area contributed by atoms with Crippen molar-refractivity contribution in [2.75, 3.05) is 0 Å². The fourth-order valence-electron chi connectivity index (χ4n) is 1.27. The number of pyridine rings is 1. The molecule has 2 rings (SSSR count). The number of aromatic nitrogens is 3. The van der Waals surface area contributed by atoms with E-state index in [-0.39, 0.29) is 0 Å². The number of hydrogen-bond donors (Lipinski definition) is 0. The molecule has 2 heterocycles. The summed E-state index contributed by atoms with van der Waals surface area (Å²) in [5.41, 5.74) is 1.95. The summed E-state index contributed by atoms with van der Waals surface area (Å²) in [4.78, 5) is 13.0. The van der Waals surface area contributed by atoms with Crippen molar-refractivity contribution in [2.24, 2.45) is 0 Å². The van der Waals surface area contributed by atoms with E-state index in [1.54, 1.807) is 6.20 Å². The van der Waals surface area contributed by atoms with Gasteiger partial charge in [-0.15, -0.1) is 0 Å². The summed E-state index contributed by atoms with van der Waals surface area (Å²) in [5, 5.41) is 1.62. The minimum Gasteiger partial charge on any atom is -0.248 e. The average Bonchev–Trinajstić information content (AvgIpc) is 2.20. The highest BCUT2D eigenvalue weighted by Gasteiger charge is 2.06. The zero-order chi connectivity index (χ0) is 11.5. The lowest BCUT2D eigenvalue weighted by Gasteiger charge is -2.03. The van der Waals surface area contributed by atoms with Crippen molar-refractivity contribution in [3.63, 3.8) is 0 Å². The van der Waals surface area contributed by atoms with Gasteiger partial charge in [0.05, 0.1) is 4.47 Å². The van der Waals surface area contributed by atoms with Crippen molar-refractivity contribution in [1.29, 1.82) is 0 Å². The molecule has 0 fully saturated rings. The highest BCUT2D eigenvalue weighted by atomic mass is 79.9. The van der Waals surface area contributed by atoms with Crippen LogP contribution in [0.3, 0.4) is 0 Å². The molecule has 0 radical (unpaired) electrons. The number of rotatable bonds is 2. The van der Waals surface area contributed by atoms with Gasteiger partial charge in [0.25, 0.3) is 0 Å². The molecule has 0 aliphatic carbocycles. The molecule has 0 bridgehead atoms. The molecule has 0 saturated heterocycles. The summed E-state index contributed by atoms with van der Waals surface area (Å²) in [6, 6.07) is 5.80. The molecule has 0 N–H and O–H groups in total. The first-order valence-electron chi connectivity index (χ1n) is 4.76. The second-order valence-corrected chi connectivity index (χ2v) is 5.14. The number of aryl methyl sites for hydroxylation is 2. The fraction of sp³-hybridized carbons (Fsp3) is 0.182. The van der Waals surface area contributed by atoms with E-state index >= 15 is 0 Å². The zero-order valence-corrected chi connectivity index (χ0v) is 11.3. The van der Waals surface area contributed by atoms with Crippen LogP contribution in [0.1, 0.15) is 11.4 Å². The standard InChI is InChI=1S/C11H10BrN3S/c1-7-6-8(2)15-11(14-7)16-10-9(12)4-3-5-13-10/h3-6H,1-2H3. The average molecular weight is 296 g/mol. The summed E-state index contributed by atoms with van der Waals surface area (Å²) in [6.45, 7) is 3.93. The SMILES string of the molecule is Cc1cc(C)nc(Sc2ncccc2Br)n1. The van der Waals surface area contributed by atoms with Gasteiger partial charge < -0.3 is 0 Å². The largest absolute Gasteiger partial charge is 0.248 e. The van der Waals surface area contributed by atoms with E-state index < -0.39 is 0 Å². The molecule has 82 valence electrons. The van der Waals surface area contributed by atoms with Gasteiger partial charge in [0.15, 0.2) is 5.16 Å². The molecule has 0 aliphatic rings. The molecule has 0 aliphatic heterocycles. The number of nitrogens with zero attached hydrogens (tertiary/aromatic N) is 3. The Hall–Kier alpha value is -0.940.